The second-order valence-corrected chi connectivity index (χ2v) is 9.68. The van der Waals surface area contributed by atoms with Crippen LogP contribution in [-0.2, 0) is 14.3 Å². The average molecular weight is 476 g/mol. The lowest BCUT2D eigenvalue weighted by atomic mass is 9.99. The third-order valence-corrected chi connectivity index (χ3v) is 6.94. The Hall–Kier alpha value is -2.16. The van der Waals surface area contributed by atoms with Gasteiger partial charge < -0.3 is 24.4 Å². The van der Waals surface area contributed by atoms with Crippen molar-refractivity contribution in [2.75, 3.05) is 58.9 Å². The molecule has 2 heterocycles. The summed E-state index contributed by atoms with van der Waals surface area (Å²) in [5.74, 6) is 0.532. The zero-order chi connectivity index (χ0) is 24.7. The van der Waals surface area contributed by atoms with E-state index >= 15 is 0 Å². The smallest absolute Gasteiger partial charge is 0.257 e. The molecule has 0 aromatic heterocycles. The number of nitrogens with zero attached hydrogens (tertiary/aromatic N) is 2. The number of benzene rings is 1. The van der Waals surface area contributed by atoms with Gasteiger partial charge in [-0.3, -0.25) is 14.5 Å². The third-order valence-electron chi connectivity index (χ3n) is 6.94. The largest absolute Gasteiger partial charge is 0.491 e. The molecular formula is C26H41N3O5. The highest BCUT2D eigenvalue weighted by molar-refractivity contribution is 5.99. The standard InChI is InChI=1S/C26H41N3O5/c1-6-11-29-15-18(2)24(32-5)16-28(4)26(31)22-14-21(7-8-23(22)34-17-19(29)3)27-25(30)20-9-12-33-13-10-20/h7-8,14,18-20,24H,6,9-13,15-17H2,1-5H3,(H,27,30)/t18-,19+,24+/m0/s1. The van der Waals surface area contributed by atoms with E-state index in [0.717, 1.165) is 19.5 Å². The van der Waals surface area contributed by atoms with E-state index < -0.39 is 0 Å². The van der Waals surface area contributed by atoms with Gasteiger partial charge in [0.1, 0.15) is 12.4 Å². The Bertz CT molecular complexity index is 827. The van der Waals surface area contributed by atoms with Gasteiger partial charge in [-0.15, -0.1) is 0 Å². The fraction of sp³-hybridized carbons (Fsp3) is 0.692. The van der Waals surface area contributed by atoms with Crippen LogP contribution in [0.3, 0.4) is 0 Å². The molecule has 0 unspecified atom stereocenters. The zero-order valence-corrected chi connectivity index (χ0v) is 21.3. The van der Waals surface area contributed by atoms with Crippen LogP contribution in [0.25, 0.3) is 0 Å². The molecule has 0 saturated carbocycles. The molecule has 2 aliphatic heterocycles. The first-order chi connectivity index (χ1) is 16.3. The van der Waals surface area contributed by atoms with Crippen LogP contribution >= 0.6 is 0 Å². The summed E-state index contributed by atoms with van der Waals surface area (Å²) in [5, 5.41) is 2.99. The maximum atomic E-state index is 13.5. The van der Waals surface area contributed by atoms with Gasteiger partial charge in [-0.25, -0.2) is 0 Å². The second-order valence-electron chi connectivity index (χ2n) is 9.68. The quantitative estimate of drug-likeness (QED) is 0.704. The van der Waals surface area contributed by atoms with Gasteiger partial charge in [0.2, 0.25) is 5.91 Å². The van der Waals surface area contributed by atoms with Crippen molar-refractivity contribution < 1.29 is 23.8 Å². The molecule has 1 fully saturated rings. The number of fused-ring (bicyclic) bond motifs is 1. The molecule has 8 nitrogen and oxygen atoms in total. The van der Waals surface area contributed by atoms with Crippen molar-refractivity contribution in [3.05, 3.63) is 23.8 Å². The molecule has 3 rings (SSSR count). The molecule has 34 heavy (non-hydrogen) atoms. The van der Waals surface area contributed by atoms with Crippen molar-refractivity contribution >= 4 is 17.5 Å². The molecule has 0 spiro atoms. The Kier molecular flexibility index (Phi) is 9.74. The highest BCUT2D eigenvalue weighted by atomic mass is 16.5. The number of likely N-dealkylation sites (N-methyl/N-ethyl adjacent to an activating group) is 1. The number of hydrogen-bond acceptors (Lipinski definition) is 6. The third kappa shape index (κ3) is 6.71. The summed E-state index contributed by atoms with van der Waals surface area (Å²) in [7, 11) is 3.50. The van der Waals surface area contributed by atoms with Gasteiger partial charge in [0.15, 0.2) is 0 Å². The first-order valence-electron chi connectivity index (χ1n) is 12.5. The molecule has 1 saturated heterocycles. The number of nitrogens with one attached hydrogen (secondary N) is 1. The fourth-order valence-corrected chi connectivity index (χ4v) is 4.73. The van der Waals surface area contributed by atoms with Gasteiger partial charge in [0.05, 0.1) is 11.7 Å². The predicted octanol–water partition coefficient (Wildman–Crippen LogP) is 3.27. The molecule has 8 heteroatoms. The predicted molar refractivity (Wildman–Crippen MR) is 132 cm³/mol. The van der Waals surface area contributed by atoms with Crippen LogP contribution < -0.4 is 10.1 Å². The van der Waals surface area contributed by atoms with E-state index in [1.54, 1.807) is 31.2 Å². The first-order valence-corrected chi connectivity index (χ1v) is 12.5. The maximum Gasteiger partial charge on any atom is 0.257 e. The van der Waals surface area contributed by atoms with E-state index in [1.807, 2.05) is 6.07 Å². The Balaban J connectivity index is 1.87. The van der Waals surface area contributed by atoms with Crippen LogP contribution in [0.2, 0.25) is 0 Å². The van der Waals surface area contributed by atoms with Gasteiger partial charge in [-0.1, -0.05) is 13.8 Å². The Morgan fingerprint density at radius 3 is 2.62 bits per heavy atom. The van der Waals surface area contributed by atoms with Crippen molar-refractivity contribution in [3.8, 4) is 5.75 Å². The molecule has 1 aromatic carbocycles. The minimum Gasteiger partial charge on any atom is -0.491 e. The molecular weight excluding hydrogens is 434 g/mol. The van der Waals surface area contributed by atoms with Gasteiger partial charge >= 0.3 is 0 Å². The van der Waals surface area contributed by atoms with Crippen molar-refractivity contribution in [2.24, 2.45) is 11.8 Å². The Morgan fingerprint density at radius 1 is 1.21 bits per heavy atom. The minimum absolute atomic E-state index is 0.0322. The van der Waals surface area contributed by atoms with Crippen LogP contribution in [0.15, 0.2) is 18.2 Å². The monoisotopic (exact) mass is 475 g/mol. The number of methoxy groups -OCH3 is 1. The average Bonchev–Trinajstić information content (AvgIpc) is 2.85. The lowest BCUT2D eigenvalue weighted by molar-refractivity contribution is -0.122. The summed E-state index contributed by atoms with van der Waals surface area (Å²) >= 11 is 0. The summed E-state index contributed by atoms with van der Waals surface area (Å²) in [6.07, 6.45) is 2.40. The number of carbonyl (C=O) groups excluding carboxylic acids is 2. The normalized spacial score (nSPS) is 25.6. The summed E-state index contributed by atoms with van der Waals surface area (Å²) in [6.45, 7) is 10.5. The van der Waals surface area contributed by atoms with Gasteiger partial charge in [0, 0.05) is 58.1 Å². The van der Waals surface area contributed by atoms with E-state index in [-0.39, 0.29) is 35.8 Å². The molecule has 2 aliphatic rings. The van der Waals surface area contributed by atoms with Crippen LogP contribution in [0.1, 0.15) is 50.4 Å². The zero-order valence-electron chi connectivity index (χ0n) is 21.3. The number of anilines is 1. The fourth-order valence-electron chi connectivity index (χ4n) is 4.73. The van der Waals surface area contributed by atoms with E-state index in [1.165, 1.54) is 0 Å². The van der Waals surface area contributed by atoms with Crippen molar-refractivity contribution in [1.29, 1.82) is 0 Å². The lowest BCUT2D eigenvalue weighted by Gasteiger charge is -2.35. The first kappa shape index (κ1) is 26.4. The van der Waals surface area contributed by atoms with E-state index in [9.17, 15) is 9.59 Å². The Morgan fingerprint density at radius 2 is 1.94 bits per heavy atom. The maximum absolute atomic E-state index is 13.5. The molecule has 1 aromatic rings. The van der Waals surface area contributed by atoms with Crippen LogP contribution in [-0.4, -0.2) is 87.4 Å². The Labute approximate surface area is 203 Å². The number of ether oxygens (including phenoxy) is 3. The molecule has 1 N–H and O–H groups in total. The molecule has 0 radical (unpaired) electrons. The van der Waals surface area contributed by atoms with Crippen LogP contribution in [0, 0.1) is 11.8 Å². The molecule has 0 bridgehead atoms. The molecule has 190 valence electrons. The summed E-state index contributed by atoms with van der Waals surface area (Å²) in [4.78, 5) is 30.3. The molecule has 2 amide bonds. The van der Waals surface area contributed by atoms with E-state index in [4.69, 9.17) is 14.2 Å². The SMILES string of the molecule is CCCN1C[C@H](C)[C@H](OC)CN(C)C(=O)c2cc(NC(=O)C3CCOCC3)ccc2OC[C@H]1C. The van der Waals surface area contributed by atoms with Gasteiger partial charge in [-0.2, -0.15) is 0 Å². The molecule has 3 atom stereocenters. The van der Waals surface area contributed by atoms with Crippen LogP contribution in [0.4, 0.5) is 5.69 Å². The summed E-state index contributed by atoms with van der Waals surface area (Å²) < 4.78 is 17.3. The van der Waals surface area contributed by atoms with Crippen molar-refractivity contribution in [2.45, 2.75) is 52.2 Å². The summed E-state index contributed by atoms with van der Waals surface area (Å²) in [5.41, 5.74) is 1.05. The van der Waals surface area contributed by atoms with Crippen molar-refractivity contribution in [1.82, 2.24) is 9.80 Å². The number of amides is 2. The van der Waals surface area contributed by atoms with E-state index in [2.05, 4.69) is 31.0 Å². The highest BCUT2D eigenvalue weighted by Crippen LogP contribution is 2.27. The number of rotatable bonds is 5. The lowest BCUT2D eigenvalue weighted by Crippen LogP contribution is -2.46. The minimum atomic E-state index is -0.148. The van der Waals surface area contributed by atoms with Crippen LogP contribution in [0.5, 0.6) is 5.75 Å². The molecule has 0 aliphatic carbocycles. The van der Waals surface area contributed by atoms with Gasteiger partial charge in [0.25, 0.3) is 5.91 Å². The number of hydrogen-bond donors (Lipinski definition) is 1. The topological polar surface area (TPSA) is 80.3 Å². The van der Waals surface area contributed by atoms with E-state index in [0.29, 0.717) is 56.2 Å². The summed E-state index contributed by atoms with van der Waals surface area (Å²) in [6, 6.07) is 5.52. The number of carbonyl (C=O) groups is 2. The van der Waals surface area contributed by atoms with Crippen molar-refractivity contribution in [3.63, 3.8) is 0 Å². The highest BCUT2D eigenvalue weighted by Gasteiger charge is 2.28. The van der Waals surface area contributed by atoms with Gasteiger partial charge in [-0.05, 0) is 56.8 Å². The second kappa shape index (κ2) is 12.5.